The lowest BCUT2D eigenvalue weighted by Crippen LogP contribution is -2.42. The molecular weight excluding hydrogens is 270 g/mol. The van der Waals surface area contributed by atoms with Crippen molar-refractivity contribution in [3.63, 3.8) is 0 Å². The zero-order valence-corrected chi connectivity index (χ0v) is 12.5. The number of fused-ring (bicyclic) bond motifs is 1. The third kappa shape index (κ3) is 3.31. The van der Waals surface area contributed by atoms with Crippen LogP contribution in [0.2, 0.25) is 0 Å². The lowest BCUT2D eigenvalue weighted by Gasteiger charge is -2.26. The van der Waals surface area contributed by atoms with Crippen LogP contribution in [-0.2, 0) is 16.0 Å². The Morgan fingerprint density at radius 2 is 2.14 bits per heavy atom. The van der Waals surface area contributed by atoms with Crippen molar-refractivity contribution in [1.29, 1.82) is 0 Å². The van der Waals surface area contributed by atoms with Gasteiger partial charge in [-0.15, -0.1) is 0 Å². The van der Waals surface area contributed by atoms with Gasteiger partial charge in [0.1, 0.15) is 5.60 Å². The van der Waals surface area contributed by atoms with E-state index in [0.717, 1.165) is 49.6 Å². The Kier molecular flexibility index (Phi) is 4.63. The summed E-state index contributed by atoms with van der Waals surface area (Å²) in [5.74, 6) is 1.72. The van der Waals surface area contributed by atoms with Crippen LogP contribution in [0.25, 0.3) is 0 Å². The summed E-state index contributed by atoms with van der Waals surface area (Å²) in [4.78, 5) is 0. The van der Waals surface area contributed by atoms with E-state index in [1.807, 2.05) is 12.1 Å². The molecule has 5 heteroatoms. The van der Waals surface area contributed by atoms with Crippen LogP contribution < -0.4 is 14.8 Å². The molecule has 3 rings (SSSR count). The normalized spacial score (nSPS) is 24.8. The molecule has 0 bridgehead atoms. The molecule has 1 unspecified atom stereocenters. The molecule has 1 atom stereocenters. The van der Waals surface area contributed by atoms with E-state index in [9.17, 15) is 0 Å². The monoisotopic (exact) mass is 293 g/mol. The molecule has 1 N–H and O–H groups in total. The van der Waals surface area contributed by atoms with Gasteiger partial charge in [-0.05, 0) is 6.07 Å². The number of methoxy groups -OCH3 is 1. The van der Waals surface area contributed by atoms with E-state index in [1.165, 1.54) is 0 Å². The van der Waals surface area contributed by atoms with E-state index < -0.39 is 0 Å². The Morgan fingerprint density at radius 3 is 2.95 bits per heavy atom. The summed E-state index contributed by atoms with van der Waals surface area (Å²) in [6, 6.07) is 6.05. The van der Waals surface area contributed by atoms with E-state index in [4.69, 9.17) is 18.9 Å². The third-order valence-electron chi connectivity index (χ3n) is 4.12. The first-order valence-electron chi connectivity index (χ1n) is 7.54. The number of benzene rings is 1. The van der Waals surface area contributed by atoms with Crippen molar-refractivity contribution in [3.8, 4) is 11.5 Å². The molecule has 0 saturated carbocycles. The highest BCUT2D eigenvalue weighted by atomic mass is 16.6. The van der Waals surface area contributed by atoms with E-state index >= 15 is 0 Å². The van der Waals surface area contributed by atoms with Crippen LogP contribution in [-0.4, -0.2) is 45.7 Å². The van der Waals surface area contributed by atoms with Gasteiger partial charge in [0.15, 0.2) is 11.5 Å². The van der Waals surface area contributed by atoms with Crippen molar-refractivity contribution >= 4 is 0 Å². The molecule has 2 aliphatic heterocycles. The minimum absolute atomic E-state index is 0.191. The summed E-state index contributed by atoms with van der Waals surface area (Å²) < 4.78 is 22.6. The molecule has 2 aliphatic rings. The smallest absolute Gasteiger partial charge is 0.165 e. The van der Waals surface area contributed by atoms with Gasteiger partial charge in [-0.1, -0.05) is 12.1 Å². The maximum atomic E-state index is 5.83. The Bertz CT molecular complexity index is 471. The van der Waals surface area contributed by atoms with E-state index in [0.29, 0.717) is 19.8 Å². The van der Waals surface area contributed by atoms with Crippen molar-refractivity contribution in [2.75, 3.05) is 40.1 Å². The lowest BCUT2D eigenvalue weighted by molar-refractivity contribution is -0.0159. The molecule has 1 saturated heterocycles. The van der Waals surface area contributed by atoms with Gasteiger partial charge in [-0.3, -0.25) is 0 Å². The number of ether oxygens (including phenoxy) is 4. The summed E-state index contributed by atoms with van der Waals surface area (Å²) in [5, 5.41) is 3.47. The van der Waals surface area contributed by atoms with Crippen LogP contribution >= 0.6 is 0 Å². The average molecular weight is 293 g/mol. The van der Waals surface area contributed by atoms with E-state index in [-0.39, 0.29) is 5.60 Å². The van der Waals surface area contributed by atoms with Crippen LogP contribution in [0, 0.1) is 0 Å². The second-order valence-corrected chi connectivity index (χ2v) is 5.59. The summed E-state index contributed by atoms with van der Waals surface area (Å²) >= 11 is 0. The summed E-state index contributed by atoms with van der Waals surface area (Å²) in [6.45, 7) is 4.36. The van der Waals surface area contributed by atoms with Crippen LogP contribution in [0.3, 0.4) is 0 Å². The maximum absolute atomic E-state index is 5.83. The molecule has 0 aromatic heterocycles. The molecule has 0 amide bonds. The highest BCUT2D eigenvalue weighted by Gasteiger charge is 2.34. The number of para-hydroxylation sites is 1. The fourth-order valence-corrected chi connectivity index (χ4v) is 2.78. The van der Waals surface area contributed by atoms with Crippen LogP contribution in [0.15, 0.2) is 18.2 Å². The fraction of sp³-hybridized carbons (Fsp3) is 0.625. The Hall–Kier alpha value is -1.30. The highest BCUT2D eigenvalue weighted by Crippen LogP contribution is 2.33. The quantitative estimate of drug-likeness (QED) is 0.896. The van der Waals surface area contributed by atoms with Gasteiger partial charge >= 0.3 is 0 Å². The second kappa shape index (κ2) is 6.64. The maximum Gasteiger partial charge on any atom is 0.165 e. The zero-order chi connectivity index (χ0) is 14.5. The topological polar surface area (TPSA) is 49.0 Å². The first kappa shape index (κ1) is 14.6. The molecule has 1 aromatic rings. The fourth-order valence-electron chi connectivity index (χ4n) is 2.78. The molecule has 5 nitrogen and oxygen atoms in total. The number of rotatable bonds is 5. The van der Waals surface area contributed by atoms with Gasteiger partial charge in [0, 0.05) is 45.2 Å². The first-order chi connectivity index (χ1) is 10.3. The minimum atomic E-state index is -0.191. The van der Waals surface area contributed by atoms with Crippen LogP contribution in [0.1, 0.15) is 18.4 Å². The van der Waals surface area contributed by atoms with Crippen molar-refractivity contribution in [2.24, 2.45) is 0 Å². The average Bonchev–Trinajstić information content (AvgIpc) is 2.85. The molecule has 116 valence electrons. The summed E-state index contributed by atoms with van der Waals surface area (Å²) in [7, 11) is 1.75. The molecule has 2 heterocycles. The number of hydrogen-bond donors (Lipinski definition) is 1. The van der Waals surface area contributed by atoms with Gasteiger partial charge in [-0.2, -0.15) is 0 Å². The molecule has 0 aliphatic carbocycles. The first-order valence-corrected chi connectivity index (χ1v) is 7.54. The molecule has 1 fully saturated rings. The molecule has 0 radical (unpaired) electrons. The SMILES string of the molecule is COC1(CNCc2cccc3c2OCCCO3)CCOC1. The number of nitrogens with one attached hydrogen (secondary N) is 1. The minimum Gasteiger partial charge on any atom is -0.490 e. The summed E-state index contributed by atoms with van der Waals surface area (Å²) in [5.41, 5.74) is 0.933. The van der Waals surface area contributed by atoms with E-state index in [1.54, 1.807) is 7.11 Å². The van der Waals surface area contributed by atoms with Crippen LogP contribution in [0.4, 0.5) is 0 Å². The predicted octanol–water partition coefficient (Wildman–Crippen LogP) is 1.74. The predicted molar refractivity (Wildman–Crippen MR) is 78.9 cm³/mol. The highest BCUT2D eigenvalue weighted by molar-refractivity contribution is 5.47. The Morgan fingerprint density at radius 1 is 1.24 bits per heavy atom. The molecule has 1 aromatic carbocycles. The molecule has 0 spiro atoms. The zero-order valence-electron chi connectivity index (χ0n) is 12.5. The number of hydrogen-bond acceptors (Lipinski definition) is 5. The Balaban J connectivity index is 1.63. The van der Waals surface area contributed by atoms with E-state index in [2.05, 4.69) is 11.4 Å². The summed E-state index contributed by atoms with van der Waals surface area (Å²) in [6.07, 6.45) is 1.86. The van der Waals surface area contributed by atoms with Crippen molar-refractivity contribution < 1.29 is 18.9 Å². The standard InChI is InChI=1S/C16H23NO4/c1-18-16(6-9-19-12-16)11-17-10-13-4-2-5-14-15(13)21-8-3-7-20-14/h2,4-5,17H,3,6-12H2,1H3. The van der Waals surface area contributed by atoms with Gasteiger partial charge < -0.3 is 24.3 Å². The van der Waals surface area contributed by atoms with Crippen molar-refractivity contribution in [3.05, 3.63) is 23.8 Å². The largest absolute Gasteiger partial charge is 0.490 e. The van der Waals surface area contributed by atoms with Gasteiger partial charge in [-0.25, -0.2) is 0 Å². The molecule has 21 heavy (non-hydrogen) atoms. The van der Waals surface area contributed by atoms with Gasteiger partial charge in [0.05, 0.1) is 19.8 Å². The van der Waals surface area contributed by atoms with Crippen molar-refractivity contribution in [1.82, 2.24) is 5.32 Å². The third-order valence-corrected chi connectivity index (χ3v) is 4.12. The van der Waals surface area contributed by atoms with Crippen molar-refractivity contribution in [2.45, 2.75) is 25.0 Å². The van der Waals surface area contributed by atoms with Gasteiger partial charge in [0.2, 0.25) is 0 Å². The lowest BCUT2D eigenvalue weighted by atomic mass is 10.0. The van der Waals surface area contributed by atoms with Gasteiger partial charge in [0.25, 0.3) is 0 Å². The van der Waals surface area contributed by atoms with Crippen LogP contribution in [0.5, 0.6) is 11.5 Å². The second-order valence-electron chi connectivity index (χ2n) is 5.59. The Labute approximate surface area is 125 Å². The molecular formula is C16H23NO4.